The maximum absolute atomic E-state index is 10.6. The van der Waals surface area contributed by atoms with Crippen molar-refractivity contribution in [1.82, 2.24) is 10.2 Å². The SMILES string of the molecule is CC1(C)Cc2cc(B(O)OC=O)cc(-c3ccc4c(N)cnnc4c3)c2O1. The molecule has 0 saturated carbocycles. The van der Waals surface area contributed by atoms with E-state index in [0.717, 1.165) is 27.8 Å². The molecule has 2 heterocycles. The van der Waals surface area contributed by atoms with Gasteiger partial charge in [0, 0.05) is 17.4 Å². The van der Waals surface area contributed by atoms with Gasteiger partial charge in [0.05, 0.1) is 17.4 Å². The first-order valence-corrected chi connectivity index (χ1v) is 8.52. The Morgan fingerprint density at radius 1 is 1.33 bits per heavy atom. The lowest BCUT2D eigenvalue weighted by atomic mass is 9.76. The quantitative estimate of drug-likeness (QED) is 0.534. The van der Waals surface area contributed by atoms with Gasteiger partial charge < -0.3 is 20.1 Å². The van der Waals surface area contributed by atoms with Crippen LogP contribution >= 0.6 is 0 Å². The fourth-order valence-electron chi connectivity index (χ4n) is 3.47. The van der Waals surface area contributed by atoms with Crippen molar-refractivity contribution < 1.29 is 19.2 Å². The zero-order valence-electron chi connectivity index (χ0n) is 15.0. The molecule has 0 unspecified atom stereocenters. The number of benzene rings is 2. The van der Waals surface area contributed by atoms with Crippen LogP contribution in [0.5, 0.6) is 5.75 Å². The van der Waals surface area contributed by atoms with Crippen LogP contribution in [0.1, 0.15) is 19.4 Å². The van der Waals surface area contributed by atoms with Crippen molar-refractivity contribution in [3.63, 3.8) is 0 Å². The van der Waals surface area contributed by atoms with Gasteiger partial charge in [0.25, 0.3) is 6.47 Å². The van der Waals surface area contributed by atoms with Crippen molar-refractivity contribution in [3.8, 4) is 16.9 Å². The molecule has 4 rings (SSSR count). The Bertz CT molecular complexity index is 1050. The summed E-state index contributed by atoms with van der Waals surface area (Å²) in [4.78, 5) is 10.6. The number of nitrogens with two attached hydrogens (primary N) is 1. The Balaban J connectivity index is 1.90. The molecule has 136 valence electrons. The van der Waals surface area contributed by atoms with Gasteiger partial charge in [-0.3, -0.25) is 4.79 Å². The van der Waals surface area contributed by atoms with Crippen molar-refractivity contribution in [2.75, 3.05) is 5.73 Å². The Kier molecular flexibility index (Phi) is 4.00. The molecule has 0 bridgehead atoms. The first-order chi connectivity index (χ1) is 12.9. The maximum atomic E-state index is 10.6. The van der Waals surface area contributed by atoms with Crippen molar-refractivity contribution in [3.05, 3.63) is 42.1 Å². The highest BCUT2D eigenvalue weighted by atomic mass is 16.5. The Morgan fingerprint density at radius 3 is 2.93 bits per heavy atom. The van der Waals surface area contributed by atoms with Gasteiger partial charge in [-0.1, -0.05) is 12.1 Å². The van der Waals surface area contributed by atoms with Gasteiger partial charge >= 0.3 is 7.12 Å². The van der Waals surface area contributed by atoms with E-state index in [2.05, 4.69) is 10.2 Å². The summed E-state index contributed by atoms with van der Waals surface area (Å²) in [5.41, 5.74) is 9.86. The number of rotatable bonds is 4. The van der Waals surface area contributed by atoms with Crippen LogP contribution in [0.3, 0.4) is 0 Å². The number of hydrogen-bond donors (Lipinski definition) is 2. The highest BCUT2D eigenvalue weighted by Crippen LogP contribution is 2.42. The zero-order chi connectivity index (χ0) is 19.2. The largest absolute Gasteiger partial charge is 0.561 e. The van der Waals surface area contributed by atoms with E-state index in [1.54, 1.807) is 12.1 Å². The number of anilines is 1. The van der Waals surface area contributed by atoms with Crippen LogP contribution in [-0.2, 0) is 15.9 Å². The van der Waals surface area contributed by atoms with Gasteiger partial charge in [0.2, 0.25) is 0 Å². The molecule has 0 amide bonds. The minimum absolute atomic E-state index is 0.229. The molecule has 1 aromatic heterocycles. The Hall–Kier alpha value is -3.13. The highest BCUT2D eigenvalue weighted by Gasteiger charge is 2.34. The predicted octanol–water partition coefficient (Wildman–Crippen LogP) is 1.45. The summed E-state index contributed by atoms with van der Waals surface area (Å²) in [5.74, 6) is 0.748. The number of ether oxygens (including phenoxy) is 1. The third-order valence-corrected chi connectivity index (χ3v) is 4.63. The van der Waals surface area contributed by atoms with E-state index in [0.29, 0.717) is 23.1 Å². The van der Waals surface area contributed by atoms with Crippen LogP contribution in [0.4, 0.5) is 5.69 Å². The topological polar surface area (TPSA) is 108 Å². The molecule has 0 atom stereocenters. The molecule has 2 aromatic carbocycles. The molecule has 0 saturated heterocycles. The lowest BCUT2D eigenvalue weighted by Crippen LogP contribution is -2.33. The van der Waals surface area contributed by atoms with Crippen molar-refractivity contribution in [1.29, 1.82) is 0 Å². The van der Waals surface area contributed by atoms with E-state index in [9.17, 15) is 9.82 Å². The first kappa shape index (κ1) is 17.3. The van der Waals surface area contributed by atoms with E-state index in [4.69, 9.17) is 15.1 Å². The van der Waals surface area contributed by atoms with Crippen LogP contribution in [0.25, 0.3) is 22.0 Å². The summed E-state index contributed by atoms with van der Waals surface area (Å²) in [6.07, 6.45) is 2.19. The van der Waals surface area contributed by atoms with Crippen molar-refractivity contribution >= 4 is 35.6 Å². The van der Waals surface area contributed by atoms with E-state index in [1.165, 1.54) is 6.20 Å². The van der Waals surface area contributed by atoms with Gasteiger partial charge in [-0.15, -0.1) is 0 Å². The highest BCUT2D eigenvalue weighted by molar-refractivity contribution is 6.61. The standard InChI is InChI=1S/C19H18BN3O4/c1-19(2)8-12-5-13(20(25)26-10-24)7-15(18(12)27-19)11-3-4-14-16(21)9-22-23-17(14)6-11/h3-7,9-10,25H,8H2,1-2H3,(H2,21,23). The molecule has 27 heavy (non-hydrogen) atoms. The molecule has 0 aliphatic carbocycles. The minimum Gasteiger partial charge on any atom is -0.508 e. The van der Waals surface area contributed by atoms with Crippen molar-refractivity contribution in [2.24, 2.45) is 0 Å². The van der Waals surface area contributed by atoms with Crippen LogP contribution in [0.2, 0.25) is 0 Å². The lowest BCUT2D eigenvalue weighted by Gasteiger charge is -2.18. The molecule has 1 aliphatic rings. The van der Waals surface area contributed by atoms with E-state index in [-0.39, 0.29) is 12.1 Å². The second kappa shape index (κ2) is 6.24. The number of carbonyl (C=O) groups is 1. The predicted molar refractivity (Wildman–Crippen MR) is 103 cm³/mol. The Morgan fingerprint density at radius 2 is 2.15 bits per heavy atom. The molecule has 0 spiro atoms. The average Bonchev–Trinajstić information content (AvgIpc) is 2.94. The fraction of sp³-hybridized carbons (Fsp3) is 0.211. The lowest BCUT2D eigenvalue weighted by molar-refractivity contribution is -0.121. The minimum atomic E-state index is -1.34. The normalized spacial score (nSPS) is 14.5. The number of carbonyl (C=O) groups excluding carboxylic acids is 1. The number of aromatic nitrogens is 2. The number of fused-ring (bicyclic) bond motifs is 2. The summed E-state index contributed by atoms with van der Waals surface area (Å²) in [5, 5.41) is 19.0. The van der Waals surface area contributed by atoms with E-state index in [1.807, 2.05) is 32.0 Å². The number of hydrogen-bond acceptors (Lipinski definition) is 7. The first-order valence-electron chi connectivity index (χ1n) is 8.52. The molecule has 1 aliphatic heterocycles. The molecule has 8 heteroatoms. The second-order valence-corrected chi connectivity index (χ2v) is 7.21. The molecule has 0 radical (unpaired) electrons. The number of nitrogen functional groups attached to an aromatic ring is 1. The molecule has 3 N–H and O–H groups in total. The zero-order valence-corrected chi connectivity index (χ0v) is 15.0. The summed E-state index contributed by atoms with van der Waals surface area (Å²) in [6, 6.07) is 9.24. The van der Waals surface area contributed by atoms with Gasteiger partial charge in [-0.25, -0.2) is 0 Å². The monoisotopic (exact) mass is 363 g/mol. The fourth-order valence-corrected chi connectivity index (χ4v) is 3.47. The van der Waals surface area contributed by atoms with Crippen LogP contribution in [0, 0.1) is 0 Å². The van der Waals surface area contributed by atoms with Gasteiger partial charge in [-0.05, 0) is 48.6 Å². The van der Waals surface area contributed by atoms with Crippen molar-refractivity contribution in [2.45, 2.75) is 25.9 Å². The Labute approximate surface area is 156 Å². The van der Waals surface area contributed by atoms with Gasteiger partial charge in [-0.2, -0.15) is 10.2 Å². The van der Waals surface area contributed by atoms with E-state index >= 15 is 0 Å². The summed E-state index contributed by atoms with van der Waals surface area (Å²) in [6.45, 7) is 4.23. The summed E-state index contributed by atoms with van der Waals surface area (Å²) >= 11 is 0. The molecule has 3 aromatic rings. The van der Waals surface area contributed by atoms with Crippen LogP contribution in [0.15, 0.2) is 36.5 Å². The molecule has 0 fully saturated rings. The van der Waals surface area contributed by atoms with Gasteiger partial charge in [0.1, 0.15) is 11.4 Å². The second-order valence-electron chi connectivity index (χ2n) is 7.21. The maximum Gasteiger partial charge on any atom is 0.561 e. The third-order valence-electron chi connectivity index (χ3n) is 4.63. The molecular weight excluding hydrogens is 345 g/mol. The molecule has 7 nitrogen and oxygen atoms in total. The van der Waals surface area contributed by atoms with E-state index < -0.39 is 7.12 Å². The van der Waals surface area contributed by atoms with Gasteiger partial charge in [0.15, 0.2) is 0 Å². The smallest absolute Gasteiger partial charge is 0.508 e. The molecular formula is C19H18BN3O4. The van der Waals surface area contributed by atoms with Crippen LogP contribution in [-0.4, -0.2) is 34.4 Å². The third kappa shape index (κ3) is 3.08. The number of nitrogens with zero attached hydrogens (tertiary/aromatic N) is 2. The summed E-state index contributed by atoms with van der Waals surface area (Å²) < 4.78 is 10.9. The van der Waals surface area contributed by atoms with Crippen LogP contribution < -0.4 is 15.9 Å². The summed E-state index contributed by atoms with van der Waals surface area (Å²) in [7, 11) is -1.34. The average molecular weight is 363 g/mol.